The van der Waals surface area contributed by atoms with E-state index < -0.39 is 35.8 Å². The van der Waals surface area contributed by atoms with Crippen LogP contribution in [0.25, 0.3) is 21.7 Å². The molecule has 17 heteroatoms. The third-order valence-corrected chi connectivity index (χ3v) is 13.6. The molecule has 17 nitrogen and oxygen atoms in total. The van der Waals surface area contributed by atoms with Gasteiger partial charge >= 0.3 is 35.8 Å². The van der Waals surface area contributed by atoms with Crippen molar-refractivity contribution in [2.24, 2.45) is 0 Å². The van der Waals surface area contributed by atoms with Crippen molar-refractivity contribution >= 4 is 57.5 Å². The summed E-state index contributed by atoms with van der Waals surface area (Å²) < 4.78 is 56.9. The van der Waals surface area contributed by atoms with E-state index in [4.69, 9.17) is 52.4 Å². The van der Waals surface area contributed by atoms with Crippen LogP contribution in [0.3, 0.4) is 0 Å². The lowest BCUT2D eigenvalue weighted by molar-refractivity contribution is -0.138. The first-order valence-corrected chi connectivity index (χ1v) is 29.4. The number of carbonyl (C=O) groups is 6. The van der Waals surface area contributed by atoms with Gasteiger partial charge in [0.2, 0.25) is 5.88 Å². The van der Waals surface area contributed by atoms with E-state index in [0.717, 1.165) is 89.2 Å². The second-order valence-electron chi connectivity index (χ2n) is 20.2. The second-order valence-corrected chi connectivity index (χ2v) is 20.2. The van der Waals surface area contributed by atoms with Crippen LogP contribution in [0.4, 0.5) is 0 Å². The molecule has 0 fully saturated rings. The molecule has 0 aliphatic carbocycles. The van der Waals surface area contributed by atoms with Gasteiger partial charge in [0.05, 0.1) is 60.8 Å². The van der Waals surface area contributed by atoms with E-state index in [1.807, 2.05) is 12.1 Å². The number of rotatable bonds is 34. The third kappa shape index (κ3) is 19.6. The van der Waals surface area contributed by atoms with Crippen molar-refractivity contribution in [3.63, 3.8) is 0 Å². The number of fused-ring (bicyclic) bond motifs is 3. The summed E-state index contributed by atoms with van der Waals surface area (Å²) in [6.45, 7) is 11.2. The third-order valence-electron chi connectivity index (χ3n) is 13.6. The van der Waals surface area contributed by atoms with Crippen LogP contribution in [0.2, 0.25) is 0 Å². The van der Waals surface area contributed by atoms with Crippen LogP contribution in [0.15, 0.2) is 183 Å². The van der Waals surface area contributed by atoms with Crippen molar-refractivity contribution in [3.8, 4) is 51.9 Å². The van der Waals surface area contributed by atoms with Gasteiger partial charge in [-0.15, -0.1) is 0 Å². The number of esters is 6. The van der Waals surface area contributed by atoms with Gasteiger partial charge in [0.1, 0.15) is 46.0 Å². The zero-order valence-corrected chi connectivity index (χ0v) is 49.1. The fourth-order valence-electron chi connectivity index (χ4n) is 8.89. The van der Waals surface area contributed by atoms with Gasteiger partial charge in [-0.05, 0) is 215 Å². The summed E-state index contributed by atoms with van der Waals surface area (Å²) in [7, 11) is 0. The molecule has 0 N–H and O–H groups in total. The number of unbranched alkanes of at least 4 members (excludes halogenated alkanes) is 9. The van der Waals surface area contributed by atoms with Gasteiger partial charge in [-0.3, -0.25) is 0 Å². The van der Waals surface area contributed by atoms with E-state index in [2.05, 4.69) is 20.1 Å². The molecule has 8 aromatic rings. The maximum atomic E-state index is 13.6. The van der Waals surface area contributed by atoms with Crippen LogP contribution in [0.1, 0.15) is 125 Å². The molecule has 8 rings (SSSR count). The van der Waals surface area contributed by atoms with Gasteiger partial charge in [0.15, 0.2) is 0 Å². The molecule has 1 heterocycles. The van der Waals surface area contributed by atoms with E-state index >= 15 is 0 Å². The summed E-state index contributed by atoms with van der Waals surface area (Å²) in [5.41, 5.74) is 1.24. The van der Waals surface area contributed by atoms with Gasteiger partial charge < -0.3 is 47.4 Å². The molecule has 0 aliphatic heterocycles. The Bertz CT molecular complexity index is 3660. The van der Waals surface area contributed by atoms with E-state index in [1.54, 1.807) is 97.1 Å². The van der Waals surface area contributed by atoms with E-state index in [-0.39, 0.29) is 39.6 Å². The monoisotopic (exact) mass is 1190 g/mol. The van der Waals surface area contributed by atoms with Gasteiger partial charge in [0.25, 0.3) is 0 Å². The lowest BCUT2D eigenvalue weighted by Crippen LogP contribution is -2.11. The van der Waals surface area contributed by atoms with E-state index in [9.17, 15) is 28.8 Å². The number of benzene rings is 7. The van der Waals surface area contributed by atoms with Crippen molar-refractivity contribution in [2.45, 2.75) is 84.0 Å². The molecule has 1 aromatic heterocycles. The lowest BCUT2D eigenvalue weighted by Gasteiger charge is -2.14. The molecule has 7 aromatic carbocycles. The minimum Gasteiger partial charge on any atom is -0.494 e. The standard InChI is InChI=1S/C71H69NO16/c1-4-7-8-13-42-79-53-26-32-56(33-27-53)84-67-63-47-59(87-70(77)51-22-18-49(19-23-51)68(75)85-57-34-28-54(29-35-57)80-43-14-9-11-16-45-82-65(73)5-2)38-40-61(63)62-41-39-60(48-64(62)72-67)88-71(78)52-24-20-50(21-25-52)69(76)86-58-36-30-55(31-37-58)81-44-15-10-12-17-46-83-66(74)6-3/h5-6,18-41,47-48H,2-4,7-17,42-46H2,1H3. The normalized spacial score (nSPS) is 10.8. The molecule has 0 bridgehead atoms. The minimum absolute atomic E-state index is 0.174. The topological polar surface area (TPSA) is 208 Å². The largest absolute Gasteiger partial charge is 0.494 e. The summed E-state index contributed by atoms with van der Waals surface area (Å²) in [4.78, 5) is 80.5. The lowest BCUT2D eigenvalue weighted by atomic mass is 10.1. The first-order valence-electron chi connectivity index (χ1n) is 29.4. The molecule has 88 heavy (non-hydrogen) atoms. The Kier molecular flexibility index (Phi) is 24.2. The maximum absolute atomic E-state index is 13.6. The molecular formula is C71H69NO16. The molecule has 0 saturated heterocycles. The van der Waals surface area contributed by atoms with Crippen LogP contribution >= 0.6 is 0 Å². The Balaban J connectivity index is 0.880. The zero-order chi connectivity index (χ0) is 61.9. The predicted octanol–water partition coefficient (Wildman–Crippen LogP) is 15.4. The Morgan fingerprint density at radius 3 is 1.08 bits per heavy atom. The molecule has 0 radical (unpaired) electrons. The summed E-state index contributed by atoms with van der Waals surface area (Å²) in [5.74, 6) is 0.167. The molecule has 0 spiro atoms. The summed E-state index contributed by atoms with van der Waals surface area (Å²) in [6, 6.07) is 42.5. The van der Waals surface area contributed by atoms with Crippen LogP contribution in [-0.4, -0.2) is 73.8 Å². The fraction of sp³-hybridized carbons (Fsp3) is 0.254. The summed E-state index contributed by atoms with van der Waals surface area (Å²) >= 11 is 0. The zero-order valence-electron chi connectivity index (χ0n) is 49.1. The van der Waals surface area contributed by atoms with Crippen LogP contribution in [0.5, 0.6) is 51.9 Å². The van der Waals surface area contributed by atoms with Crippen molar-refractivity contribution < 1.29 is 76.1 Å². The number of nitrogens with zero attached hydrogens (tertiary/aromatic N) is 1. The fourth-order valence-corrected chi connectivity index (χ4v) is 8.89. The molecule has 0 unspecified atom stereocenters. The van der Waals surface area contributed by atoms with E-state index in [0.29, 0.717) is 89.2 Å². The highest BCUT2D eigenvalue weighted by atomic mass is 16.6. The minimum atomic E-state index is -0.678. The van der Waals surface area contributed by atoms with Crippen LogP contribution in [0, 0.1) is 0 Å². The molecule has 454 valence electrons. The highest BCUT2D eigenvalue weighted by Gasteiger charge is 2.19. The molecule has 0 saturated carbocycles. The number of hydrogen-bond acceptors (Lipinski definition) is 17. The second kappa shape index (κ2) is 33.4. The van der Waals surface area contributed by atoms with Gasteiger partial charge in [0, 0.05) is 29.0 Å². The highest BCUT2D eigenvalue weighted by Crippen LogP contribution is 2.38. The van der Waals surface area contributed by atoms with Crippen molar-refractivity contribution in [2.75, 3.05) is 33.0 Å². The van der Waals surface area contributed by atoms with Crippen LogP contribution in [-0.2, 0) is 19.1 Å². The maximum Gasteiger partial charge on any atom is 0.343 e. The first kappa shape index (κ1) is 63.7. The van der Waals surface area contributed by atoms with Crippen molar-refractivity contribution in [3.05, 3.63) is 205 Å². The molecule has 0 aliphatic rings. The Morgan fingerprint density at radius 2 is 0.682 bits per heavy atom. The predicted molar refractivity (Wildman–Crippen MR) is 331 cm³/mol. The molecule has 0 atom stereocenters. The Labute approximate surface area is 510 Å². The SMILES string of the molecule is C=CC(=O)OCCCCCCOc1ccc(OC(=O)c2ccc(C(=O)Oc3ccc4c(c3)nc(Oc3ccc(OCCCCCC)cc3)c3cc(OC(=O)c5ccc(C(=O)Oc6ccc(OCCCCCCOC(=O)C=C)cc6)cc5)ccc34)cc2)cc1. The Morgan fingerprint density at radius 1 is 0.352 bits per heavy atom. The Hall–Kier alpha value is -10.3. The quantitative estimate of drug-likeness (QED) is 0.0121. The number of pyridine rings is 1. The average molecular weight is 1190 g/mol. The smallest absolute Gasteiger partial charge is 0.343 e. The van der Waals surface area contributed by atoms with Gasteiger partial charge in [-0.25, -0.2) is 33.8 Å². The number of hydrogen-bond donors (Lipinski definition) is 0. The van der Waals surface area contributed by atoms with Crippen molar-refractivity contribution in [1.82, 2.24) is 4.98 Å². The van der Waals surface area contributed by atoms with Crippen LogP contribution < -0.4 is 37.9 Å². The first-order chi connectivity index (χ1) is 42.9. The molecular weight excluding hydrogens is 1120 g/mol. The summed E-state index contributed by atoms with van der Waals surface area (Å²) in [6.07, 6.45) is 13.4. The molecule has 0 amide bonds. The number of aromatic nitrogens is 1. The number of carbonyl (C=O) groups excluding carboxylic acids is 6. The van der Waals surface area contributed by atoms with Gasteiger partial charge in [-0.1, -0.05) is 39.3 Å². The van der Waals surface area contributed by atoms with Gasteiger partial charge in [-0.2, -0.15) is 0 Å². The summed E-state index contributed by atoms with van der Waals surface area (Å²) in [5, 5.41) is 1.89. The average Bonchev–Trinajstić information content (AvgIpc) is 1.08. The van der Waals surface area contributed by atoms with Crippen molar-refractivity contribution in [1.29, 1.82) is 0 Å². The highest BCUT2D eigenvalue weighted by molar-refractivity contribution is 6.09. The van der Waals surface area contributed by atoms with E-state index in [1.165, 1.54) is 48.5 Å². The number of ether oxygens (including phenoxy) is 10.